The van der Waals surface area contributed by atoms with Crippen LogP contribution in [0.5, 0.6) is 11.5 Å². The largest absolute Gasteiger partial charge is 0.507 e. The van der Waals surface area contributed by atoms with Gasteiger partial charge >= 0.3 is 12.1 Å². The summed E-state index contributed by atoms with van der Waals surface area (Å²) in [5.41, 5.74) is 0.951. The van der Waals surface area contributed by atoms with E-state index in [0.29, 0.717) is 29.7 Å². The summed E-state index contributed by atoms with van der Waals surface area (Å²) in [7, 11) is 0. The number of allylic oxidation sites excluding steroid dienone is 2. The molecule has 0 saturated heterocycles. The SMILES string of the molecule is CCC(C)Oc1cc(C=Cc2ccc(C(F)(F)F)cc2)c(C(=O)O)c(O)c1CC=C(C)C. The second kappa shape index (κ2) is 10.4. The van der Waals surface area contributed by atoms with Crippen molar-refractivity contribution < 1.29 is 32.9 Å². The van der Waals surface area contributed by atoms with Gasteiger partial charge in [-0.25, -0.2) is 4.79 Å². The molecule has 0 radical (unpaired) electrons. The Hall–Kier alpha value is -3.22. The summed E-state index contributed by atoms with van der Waals surface area (Å²) in [4.78, 5) is 11.9. The highest BCUT2D eigenvalue weighted by Gasteiger charge is 2.29. The van der Waals surface area contributed by atoms with Crippen LogP contribution >= 0.6 is 0 Å². The molecule has 2 rings (SSSR count). The van der Waals surface area contributed by atoms with Crippen molar-refractivity contribution in [1.29, 1.82) is 0 Å². The molecular weight excluding hydrogens is 421 g/mol. The van der Waals surface area contributed by atoms with Crippen LogP contribution in [-0.4, -0.2) is 22.3 Å². The van der Waals surface area contributed by atoms with Gasteiger partial charge < -0.3 is 14.9 Å². The van der Waals surface area contributed by atoms with Crippen LogP contribution in [0.1, 0.15) is 66.7 Å². The molecule has 0 aromatic heterocycles. The summed E-state index contributed by atoms with van der Waals surface area (Å²) in [6, 6.07) is 6.04. The van der Waals surface area contributed by atoms with E-state index in [1.165, 1.54) is 24.3 Å². The topological polar surface area (TPSA) is 66.8 Å². The first-order valence-electron chi connectivity index (χ1n) is 10.2. The highest BCUT2D eigenvalue weighted by molar-refractivity contribution is 5.97. The maximum absolute atomic E-state index is 12.8. The first-order valence-corrected chi connectivity index (χ1v) is 10.2. The third-order valence-corrected chi connectivity index (χ3v) is 4.92. The molecule has 0 aliphatic rings. The van der Waals surface area contributed by atoms with E-state index in [1.54, 1.807) is 6.07 Å². The molecule has 1 atom stereocenters. The minimum Gasteiger partial charge on any atom is -0.507 e. The third kappa shape index (κ3) is 6.39. The highest BCUT2D eigenvalue weighted by atomic mass is 19.4. The van der Waals surface area contributed by atoms with Crippen LogP contribution in [0, 0.1) is 0 Å². The van der Waals surface area contributed by atoms with E-state index in [1.807, 2.05) is 33.8 Å². The Morgan fingerprint density at radius 2 is 1.78 bits per heavy atom. The van der Waals surface area contributed by atoms with Crippen molar-refractivity contribution in [2.75, 3.05) is 0 Å². The number of benzene rings is 2. The lowest BCUT2D eigenvalue weighted by Crippen LogP contribution is -2.13. The molecule has 0 amide bonds. The number of hydrogen-bond donors (Lipinski definition) is 2. The van der Waals surface area contributed by atoms with E-state index in [0.717, 1.165) is 17.7 Å². The second-order valence-electron chi connectivity index (χ2n) is 7.75. The number of ether oxygens (including phenoxy) is 1. The average Bonchev–Trinajstić information content (AvgIpc) is 2.70. The highest BCUT2D eigenvalue weighted by Crippen LogP contribution is 2.37. The maximum Gasteiger partial charge on any atom is 0.416 e. The molecule has 2 aromatic rings. The van der Waals surface area contributed by atoms with Crippen molar-refractivity contribution in [1.82, 2.24) is 0 Å². The fourth-order valence-corrected chi connectivity index (χ4v) is 2.94. The summed E-state index contributed by atoms with van der Waals surface area (Å²) in [6.07, 6.45) is 1.20. The molecule has 1 unspecified atom stereocenters. The van der Waals surface area contributed by atoms with Crippen LogP contribution in [0.3, 0.4) is 0 Å². The molecule has 4 nitrogen and oxygen atoms in total. The van der Waals surface area contributed by atoms with Gasteiger partial charge in [0.25, 0.3) is 0 Å². The Labute approximate surface area is 185 Å². The van der Waals surface area contributed by atoms with Crippen LogP contribution in [0.25, 0.3) is 12.2 Å². The molecule has 2 aromatic carbocycles. The fraction of sp³-hybridized carbons (Fsp3) is 0.320. The van der Waals surface area contributed by atoms with Crippen LogP contribution in [0.2, 0.25) is 0 Å². The standard InChI is InChI=1S/C25H27F3O4/c1-5-16(4)32-21-14-18(10-7-17-8-11-19(12-9-17)25(26,27)28)22(24(30)31)23(29)20(21)13-6-15(2)3/h6-12,14,16,29H,5,13H2,1-4H3,(H,30,31). The predicted molar refractivity (Wildman–Crippen MR) is 119 cm³/mol. The smallest absolute Gasteiger partial charge is 0.416 e. The number of carbonyl (C=O) groups is 1. The minimum absolute atomic E-state index is 0.165. The Kier molecular flexibility index (Phi) is 8.14. The first-order chi connectivity index (χ1) is 14.9. The molecule has 0 fully saturated rings. The molecule has 2 N–H and O–H groups in total. The Morgan fingerprint density at radius 1 is 1.16 bits per heavy atom. The van der Waals surface area contributed by atoms with Crippen molar-refractivity contribution in [2.45, 2.75) is 52.8 Å². The van der Waals surface area contributed by atoms with Gasteiger partial charge in [0.1, 0.15) is 17.1 Å². The summed E-state index contributed by atoms with van der Waals surface area (Å²) < 4.78 is 44.2. The van der Waals surface area contributed by atoms with Crippen LogP contribution in [-0.2, 0) is 12.6 Å². The number of halogens is 3. The number of carboxylic acid groups (broad SMARTS) is 1. The first kappa shape index (κ1) is 25.0. The van der Waals surface area contributed by atoms with E-state index in [-0.39, 0.29) is 23.0 Å². The zero-order valence-electron chi connectivity index (χ0n) is 18.5. The van der Waals surface area contributed by atoms with Gasteiger partial charge in [0.2, 0.25) is 0 Å². The number of carboxylic acids is 1. The van der Waals surface area contributed by atoms with Gasteiger partial charge in [0.05, 0.1) is 11.7 Å². The van der Waals surface area contributed by atoms with Crippen molar-refractivity contribution in [2.24, 2.45) is 0 Å². The van der Waals surface area contributed by atoms with Gasteiger partial charge in [-0.15, -0.1) is 0 Å². The molecule has 0 spiro atoms. The van der Waals surface area contributed by atoms with E-state index < -0.39 is 17.7 Å². The lowest BCUT2D eigenvalue weighted by atomic mass is 9.97. The Balaban J connectivity index is 2.56. The summed E-state index contributed by atoms with van der Waals surface area (Å²) in [5.74, 6) is -1.34. The third-order valence-electron chi connectivity index (χ3n) is 4.92. The number of phenols is 1. The number of alkyl halides is 3. The van der Waals surface area contributed by atoms with Gasteiger partial charge in [0.15, 0.2) is 0 Å². The quantitative estimate of drug-likeness (QED) is 0.338. The molecule has 7 heteroatoms. The molecule has 172 valence electrons. The molecule has 0 bridgehead atoms. The van der Waals surface area contributed by atoms with Crippen LogP contribution in [0.4, 0.5) is 13.2 Å². The lowest BCUT2D eigenvalue weighted by Gasteiger charge is -2.19. The van der Waals surface area contributed by atoms with E-state index in [4.69, 9.17) is 4.74 Å². The van der Waals surface area contributed by atoms with E-state index in [9.17, 15) is 28.2 Å². The molecule has 0 aliphatic heterocycles. The Morgan fingerprint density at radius 3 is 2.28 bits per heavy atom. The number of rotatable bonds is 8. The van der Waals surface area contributed by atoms with Crippen molar-refractivity contribution in [3.63, 3.8) is 0 Å². The predicted octanol–water partition coefficient (Wildman–Crippen LogP) is 6.97. The summed E-state index contributed by atoms with van der Waals surface area (Å²) >= 11 is 0. The molecule has 0 saturated carbocycles. The molecule has 32 heavy (non-hydrogen) atoms. The molecule has 0 aliphatic carbocycles. The molecular formula is C25H27F3O4. The Bertz CT molecular complexity index is 1010. The minimum atomic E-state index is -4.44. The summed E-state index contributed by atoms with van der Waals surface area (Å²) in [6.45, 7) is 7.60. The molecule has 0 heterocycles. The number of aromatic hydroxyl groups is 1. The zero-order chi connectivity index (χ0) is 24.1. The van der Waals surface area contributed by atoms with E-state index in [2.05, 4.69) is 0 Å². The average molecular weight is 448 g/mol. The van der Waals surface area contributed by atoms with Gasteiger partial charge in [-0.3, -0.25) is 0 Å². The van der Waals surface area contributed by atoms with Gasteiger partial charge in [-0.05, 0) is 62.9 Å². The number of hydrogen-bond acceptors (Lipinski definition) is 3. The van der Waals surface area contributed by atoms with E-state index >= 15 is 0 Å². The fourth-order valence-electron chi connectivity index (χ4n) is 2.94. The second-order valence-corrected chi connectivity index (χ2v) is 7.75. The lowest BCUT2D eigenvalue weighted by molar-refractivity contribution is -0.137. The van der Waals surface area contributed by atoms with Crippen molar-refractivity contribution in [3.8, 4) is 11.5 Å². The monoisotopic (exact) mass is 448 g/mol. The normalized spacial score (nSPS) is 12.6. The van der Waals surface area contributed by atoms with Gasteiger partial charge in [0, 0.05) is 5.56 Å². The zero-order valence-corrected chi connectivity index (χ0v) is 18.5. The van der Waals surface area contributed by atoms with Crippen molar-refractivity contribution in [3.05, 3.63) is 69.8 Å². The van der Waals surface area contributed by atoms with Gasteiger partial charge in [-0.2, -0.15) is 13.2 Å². The van der Waals surface area contributed by atoms with Gasteiger partial charge in [-0.1, -0.05) is 42.9 Å². The number of aromatic carboxylic acids is 1. The van der Waals surface area contributed by atoms with Crippen molar-refractivity contribution >= 4 is 18.1 Å². The van der Waals surface area contributed by atoms with Crippen LogP contribution in [0.15, 0.2) is 42.0 Å². The summed E-state index contributed by atoms with van der Waals surface area (Å²) in [5, 5.41) is 20.5. The van der Waals surface area contributed by atoms with Crippen LogP contribution < -0.4 is 4.74 Å². The maximum atomic E-state index is 12.8.